The first-order valence-corrected chi connectivity index (χ1v) is 5.60. The van der Waals surface area contributed by atoms with Crippen LogP contribution in [-0.2, 0) is 0 Å². The van der Waals surface area contributed by atoms with E-state index in [2.05, 4.69) is 36.2 Å². The maximum atomic E-state index is 9.03. The number of hydrogen-bond acceptors (Lipinski definition) is 2. The van der Waals surface area contributed by atoms with Crippen LogP contribution in [0.4, 0.5) is 0 Å². The molecule has 0 saturated heterocycles. The number of aromatic amines is 1. The predicted octanol–water partition coefficient (Wildman–Crippen LogP) is 2.93. The van der Waals surface area contributed by atoms with E-state index in [9.17, 15) is 0 Å². The van der Waals surface area contributed by atoms with Gasteiger partial charge in [0.1, 0.15) is 6.07 Å². The average molecular weight is 211 g/mol. The summed E-state index contributed by atoms with van der Waals surface area (Å²) in [4.78, 5) is 0. The number of fused-ring (bicyclic) bond motifs is 1. The van der Waals surface area contributed by atoms with Crippen LogP contribution in [0.25, 0.3) is 10.9 Å². The second-order valence-electron chi connectivity index (χ2n) is 4.61. The lowest BCUT2D eigenvalue weighted by Gasteiger charge is -2.09. The van der Waals surface area contributed by atoms with E-state index in [1.165, 1.54) is 29.5 Å². The van der Waals surface area contributed by atoms with E-state index >= 15 is 0 Å². The molecule has 0 radical (unpaired) electrons. The number of aromatic nitrogens is 2. The van der Waals surface area contributed by atoms with E-state index in [1.54, 1.807) is 0 Å². The molecule has 3 rings (SSSR count). The van der Waals surface area contributed by atoms with E-state index in [-0.39, 0.29) is 0 Å². The fraction of sp³-hybridized carbons (Fsp3) is 0.385. The molecule has 1 aliphatic rings. The fourth-order valence-corrected chi connectivity index (χ4v) is 2.65. The van der Waals surface area contributed by atoms with Crippen molar-refractivity contribution < 1.29 is 0 Å². The van der Waals surface area contributed by atoms with Crippen LogP contribution in [0.1, 0.15) is 41.1 Å². The molecule has 0 atom stereocenters. The Kier molecular flexibility index (Phi) is 1.81. The molecule has 1 aromatic carbocycles. The first-order valence-electron chi connectivity index (χ1n) is 5.60. The van der Waals surface area contributed by atoms with Gasteiger partial charge in [-0.1, -0.05) is 0 Å². The highest BCUT2D eigenvalue weighted by atomic mass is 15.1. The summed E-state index contributed by atoms with van der Waals surface area (Å²) < 4.78 is 0. The van der Waals surface area contributed by atoms with Gasteiger partial charge in [0.15, 0.2) is 5.69 Å². The zero-order chi connectivity index (χ0) is 11.3. The van der Waals surface area contributed by atoms with E-state index < -0.39 is 0 Å². The van der Waals surface area contributed by atoms with Gasteiger partial charge in [-0.05, 0) is 55.4 Å². The van der Waals surface area contributed by atoms with Gasteiger partial charge >= 0.3 is 0 Å². The molecule has 1 saturated carbocycles. The molecule has 0 spiro atoms. The highest BCUT2D eigenvalue weighted by Gasteiger charge is 2.28. The van der Waals surface area contributed by atoms with Gasteiger partial charge in [-0.2, -0.15) is 10.4 Å². The molecule has 1 heterocycles. The van der Waals surface area contributed by atoms with Crippen molar-refractivity contribution in [1.82, 2.24) is 10.2 Å². The van der Waals surface area contributed by atoms with Crippen molar-refractivity contribution in [3.05, 3.63) is 28.5 Å². The van der Waals surface area contributed by atoms with Crippen molar-refractivity contribution in [1.29, 1.82) is 5.26 Å². The first-order chi connectivity index (χ1) is 7.72. The first kappa shape index (κ1) is 9.41. The molecule has 0 unspecified atom stereocenters. The lowest BCUT2D eigenvalue weighted by molar-refractivity contribution is 1.08. The Balaban J connectivity index is 2.39. The monoisotopic (exact) mass is 211 g/mol. The molecule has 1 aliphatic carbocycles. The highest BCUT2D eigenvalue weighted by Crippen LogP contribution is 2.44. The van der Waals surface area contributed by atoms with Gasteiger partial charge in [-0.25, -0.2) is 0 Å². The molecule has 0 bridgehead atoms. The quantitative estimate of drug-likeness (QED) is 0.788. The van der Waals surface area contributed by atoms with Crippen molar-refractivity contribution in [2.75, 3.05) is 0 Å². The summed E-state index contributed by atoms with van der Waals surface area (Å²) in [7, 11) is 0. The van der Waals surface area contributed by atoms with E-state index in [0.717, 1.165) is 10.9 Å². The Morgan fingerprint density at radius 1 is 1.44 bits per heavy atom. The normalized spacial score (nSPS) is 15.3. The van der Waals surface area contributed by atoms with Crippen molar-refractivity contribution in [2.45, 2.75) is 32.6 Å². The molecular weight excluding hydrogens is 198 g/mol. The molecule has 3 nitrogen and oxygen atoms in total. The summed E-state index contributed by atoms with van der Waals surface area (Å²) in [6, 6.07) is 4.27. The second kappa shape index (κ2) is 3.08. The lowest BCUT2D eigenvalue weighted by atomic mass is 9.95. The Morgan fingerprint density at radius 3 is 2.81 bits per heavy atom. The molecular formula is C13H13N3. The van der Waals surface area contributed by atoms with Crippen LogP contribution in [0.2, 0.25) is 0 Å². The summed E-state index contributed by atoms with van der Waals surface area (Å²) in [6.07, 6.45) is 2.57. The average Bonchev–Trinajstić information content (AvgIpc) is 2.98. The van der Waals surface area contributed by atoms with Gasteiger partial charge in [0, 0.05) is 5.39 Å². The predicted molar refractivity (Wildman–Crippen MR) is 62.3 cm³/mol. The number of H-pyrrole nitrogens is 1. The Morgan fingerprint density at radius 2 is 2.19 bits per heavy atom. The van der Waals surface area contributed by atoms with Crippen LogP contribution >= 0.6 is 0 Å². The molecule has 1 aromatic heterocycles. The third kappa shape index (κ3) is 1.16. The minimum absolute atomic E-state index is 0.523. The van der Waals surface area contributed by atoms with E-state index in [4.69, 9.17) is 5.26 Å². The maximum Gasteiger partial charge on any atom is 0.170 e. The summed E-state index contributed by atoms with van der Waals surface area (Å²) in [5, 5.41) is 17.0. The van der Waals surface area contributed by atoms with Crippen LogP contribution < -0.4 is 0 Å². The number of hydrogen-bond donors (Lipinski definition) is 1. The molecule has 16 heavy (non-hydrogen) atoms. The summed E-state index contributed by atoms with van der Waals surface area (Å²) in [6.45, 7) is 4.26. The topological polar surface area (TPSA) is 52.5 Å². The third-order valence-corrected chi connectivity index (χ3v) is 3.45. The number of nitrogens with one attached hydrogen (secondary N) is 1. The standard InChI is InChI=1S/C13H13N3/c1-7-5-10-13(11(6-14)16-15-10)8(2)12(7)9-3-4-9/h5,9H,3-4H2,1-2H3,(H,15,16). The molecule has 1 N–H and O–H groups in total. The SMILES string of the molecule is Cc1cc2[nH]nc(C#N)c2c(C)c1C1CC1. The number of nitrogens with zero attached hydrogens (tertiary/aromatic N) is 2. The number of aryl methyl sites for hydroxylation is 2. The molecule has 80 valence electrons. The molecule has 0 amide bonds. The number of benzene rings is 1. The van der Waals surface area contributed by atoms with Crippen molar-refractivity contribution in [2.24, 2.45) is 0 Å². The van der Waals surface area contributed by atoms with Crippen LogP contribution in [0.3, 0.4) is 0 Å². The molecule has 3 heteroatoms. The van der Waals surface area contributed by atoms with Crippen molar-refractivity contribution in [3.8, 4) is 6.07 Å². The summed E-state index contributed by atoms with van der Waals surface area (Å²) in [5.41, 5.74) is 5.50. The van der Waals surface area contributed by atoms with Crippen LogP contribution in [0.15, 0.2) is 6.07 Å². The van der Waals surface area contributed by atoms with Gasteiger partial charge < -0.3 is 0 Å². The van der Waals surface area contributed by atoms with E-state index in [1.807, 2.05) is 0 Å². The third-order valence-electron chi connectivity index (χ3n) is 3.45. The van der Waals surface area contributed by atoms with Crippen LogP contribution in [0, 0.1) is 25.2 Å². The van der Waals surface area contributed by atoms with Gasteiger partial charge in [0.2, 0.25) is 0 Å². The fourth-order valence-electron chi connectivity index (χ4n) is 2.65. The minimum atomic E-state index is 0.523. The molecule has 2 aromatic rings. The minimum Gasteiger partial charge on any atom is -0.276 e. The van der Waals surface area contributed by atoms with Gasteiger partial charge in [-0.3, -0.25) is 5.10 Å². The van der Waals surface area contributed by atoms with E-state index in [0.29, 0.717) is 11.6 Å². The maximum absolute atomic E-state index is 9.03. The zero-order valence-corrected chi connectivity index (χ0v) is 9.46. The van der Waals surface area contributed by atoms with Gasteiger partial charge in [0.25, 0.3) is 0 Å². The number of nitriles is 1. The summed E-state index contributed by atoms with van der Waals surface area (Å²) >= 11 is 0. The van der Waals surface area contributed by atoms with Gasteiger partial charge in [0.05, 0.1) is 5.52 Å². The highest BCUT2D eigenvalue weighted by molar-refractivity contribution is 5.89. The number of rotatable bonds is 1. The van der Waals surface area contributed by atoms with Crippen molar-refractivity contribution in [3.63, 3.8) is 0 Å². The Hall–Kier alpha value is -1.82. The van der Waals surface area contributed by atoms with Crippen LogP contribution in [-0.4, -0.2) is 10.2 Å². The molecule has 0 aliphatic heterocycles. The Labute approximate surface area is 94.1 Å². The lowest BCUT2D eigenvalue weighted by Crippen LogP contribution is -1.92. The zero-order valence-electron chi connectivity index (χ0n) is 9.46. The Bertz CT molecular complexity index is 612. The summed E-state index contributed by atoms with van der Waals surface area (Å²) in [5.74, 6) is 0.714. The van der Waals surface area contributed by atoms with Gasteiger partial charge in [-0.15, -0.1) is 0 Å². The molecule has 1 fully saturated rings. The van der Waals surface area contributed by atoms with Crippen LogP contribution in [0.5, 0.6) is 0 Å². The largest absolute Gasteiger partial charge is 0.276 e. The smallest absolute Gasteiger partial charge is 0.170 e. The van der Waals surface area contributed by atoms with Crippen molar-refractivity contribution >= 4 is 10.9 Å². The second-order valence-corrected chi connectivity index (χ2v) is 4.61.